The first-order valence-corrected chi connectivity index (χ1v) is 12.3. The maximum Gasteiger partial charge on any atom is 0.231 e. The van der Waals surface area contributed by atoms with E-state index in [0.717, 1.165) is 62.9 Å². The zero-order chi connectivity index (χ0) is 22.1. The highest BCUT2D eigenvalue weighted by atomic mass is 35.5. The van der Waals surface area contributed by atoms with E-state index in [0.29, 0.717) is 17.5 Å². The summed E-state index contributed by atoms with van der Waals surface area (Å²) in [5.41, 5.74) is 3.55. The first kappa shape index (κ1) is 21.7. The summed E-state index contributed by atoms with van der Waals surface area (Å²) in [5.74, 6) is 2.40. The number of aromatic nitrogens is 2. The predicted molar refractivity (Wildman–Crippen MR) is 127 cm³/mol. The summed E-state index contributed by atoms with van der Waals surface area (Å²) in [6, 6.07) is 7.75. The Morgan fingerprint density at radius 1 is 1.12 bits per heavy atom. The summed E-state index contributed by atoms with van der Waals surface area (Å²) in [6.45, 7) is 7.01. The van der Waals surface area contributed by atoms with Crippen LogP contribution in [0.3, 0.4) is 0 Å². The van der Waals surface area contributed by atoms with E-state index in [2.05, 4.69) is 27.1 Å². The van der Waals surface area contributed by atoms with Crippen molar-refractivity contribution in [3.8, 4) is 0 Å². The quantitative estimate of drug-likeness (QED) is 0.693. The maximum absolute atomic E-state index is 13.6. The molecule has 2 atom stereocenters. The molecule has 0 bridgehead atoms. The van der Waals surface area contributed by atoms with E-state index in [-0.39, 0.29) is 11.8 Å². The number of carbonyl (C=O) groups is 1. The molecule has 2 fully saturated rings. The lowest BCUT2D eigenvalue weighted by atomic mass is 9.97. The molecule has 3 aliphatic rings. The largest absolute Gasteiger partial charge is 0.353 e. The van der Waals surface area contributed by atoms with Crippen molar-refractivity contribution >= 4 is 23.3 Å². The average Bonchev–Trinajstić information content (AvgIpc) is 3.57. The van der Waals surface area contributed by atoms with Crippen molar-refractivity contribution in [1.82, 2.24) is 20.2 Å². The summed E-state index contributed by atoms with van der Waals surface area (Å²) in [4.78, 5) is 27.1. The molecule has 1 saturated carbocycles. The summed E-state index contributed by atoms with van der Waals surface area (Å²) in [6.07, 6.45) is 6.50. The second-order valence-electron chi connectivity index (χ2n) is 9.52. The summed E-state index contributed by atoms with van der Waals surface area (Å²) in [7, 11) is 0. The molecule has 1 N–H and O–H groups in total. The Morgan fingerprint density at radius 2 is 1.88 bits per heavy atom. The number of nitrogens with zero attached hydrogens (tertiary/aromatic N) is 4. The molecular weight excluding hydrogens is 422 g/mol. The van der Waals surface area contributed by atoms with Gasteiger partial charge in [0.25, 0.3) is 0 Å². The molecule has 0 radical (unpaired) electrons. The first-order chi connectivity index (χ1) is 15.6. The SMILES string of the molecule is C[C@@H]1CCc2ncnc(N3CCN(C(=O)C(CNCC4CC4)c4ccc(Cl)cc4)CC3)c21. The smallest absolute Gasteiger partial charge is 0.231 e. The van der Waals surface area contributed by atoms with Gasteiger partial charge in [0.1, 0.15) is 12.1 Å². The van der Waals surface area contributed by atoms with E-state index in [1.165, 1.54) is 24.1 Å². The highest BCUT2D eigenvalue weighted by Crippen LogP contribution is 2.37. The van der Waals surface area contributed by atoms with Crippen LogP contribution in [0.25, 0.3) is 0 Å². The van der Waals surface area contributed by atoms with E-state index in [1.54, 1.807) is 6.33 Å². The first-order valence-electron chi connectivity index (χ1n) is 11.9. The standard InChI is InChI=1S/C25H32ClN5O/c1-17-2-9-22-23(17)24(29-16-28-22)30-10-12-31(13-11-30)25(32)21(15-27-14-18-3-4-18)19-5-7-20(26)8-6-19/h5-8,16-18,21,27H,2-4,9-15H2,1H3/t17-,21?/m1/s1. The van der Waals surface area contributed by atoms with E-state index in [9.17, 15) is 4.79 Å². The minimum absolute atomic E-state index is 0.180. The number of nitrogens with one attached hydrogen (secondary N) is 1. The van der Waals surface area contributed by atoms with Crippen LogP contribution in [0.2, 0.25) is 5.02 Å². The van der Waals surface area contributed by atoms with Gasteiger partial charge in [0, 0.05) is 49.0 Å². The number of hydrogen-bond acceptors (Lipinski definition) is 5. The van der Waals surface area contributed by atoms with Crippen molar-refractivity contribution in [2.45, 2.75) is 44.4 Å². The molecule has 2 aromatic rings. The van der Waals surface area contributed by atoms with Gasteiger partial charge in [0.15, 0.2) is 0 Å². The van der Waals surface area contributed by atoms with E-state index in [1.807, 2.05) is 29.2 Å². The van der Waals surface area contributed by atoms with Gasteiger partial charge in [-0.05, 0) is 61.8 Å². The zero-order valence-electron chi connectivity index (χ0n) is 18.8. The third kappa shape index (κ3) is 4.62. The second kappa shape index (κ2) is 9.36. The fourth-order valence-corrected chi connectivity index (χ4v) is 5.16. The Kier molecular flexibility index (Phi) is 6.33. The van der Waals surface area contributed by atoms with Crippen molar-refractivity contribution in [1.29, 1.82) is 0 Å². The number of anilines is 1. The lowest BCUT2D eigenvalue weighted by Gasteiger charge is -2.38. The normalized spacial score (nSPS) is 21.5. The van der Waals surface area contributed by atoms with Crippen LogP contribution in [-0.2, 0) is 11.2 Å². The molecule has 1 unspecified atom stereocenters. The lowest BCUT2D eigenvalue weighted by molar-refractivity contribution is -0.133. The highest BCUT2D eigenvalue weighted by Gasteiger charge is 2.32. The van der Waals surface area contributed by atoms with Crippen LogP contribution < -0.4 is 10.2 Å². The molecule has 7 heteroatoms. The third-order valence-electron chi connectivity index (χ3n) is 7.19. The summed E-state index contributed by atoms with van der Waals surface area (Å²) >= 11 is 6.10. The zero-order valence-corrected chi connectivity index (χ0v) is 19.5. The number of piperazine rings is 1. The molecule has 170 valence electrons. The van der Waals surface area contributed by atoms with Crippen LogP contribution in [0.4, 0.5) is 5.82 Å². The molecule has 32 heavy (non-hydrogen) atoms. The van der Waals surface area contributed by atoms with Crippen molar-refractivity contribution < 1.29 is 4.79 Å². The average molecular weight is 454 g/mol. The van der Waals surface area contributed by atoms with Crippen molar-refractivity contribution in [3.63, 3.8) is 0 Å². The van der Waals surface area contributed by atoms with E-state index >= 15 is 0 Å². The lowest BCUT2D eigenvalue weighted by Crippen LogP contribution is -2.51. The monoisotopic (exact) mass is 453 g/mol. The van der Waals surface area contributed by atoms with Gasteiger partial charge in [-0.1, -0.05) is 30.7 Å². The Labute approximate surface area is 195 Å². The Balaban J connectivity index is 1.26. The van der Waals surface area contributed by atoms with Crippen LogP contribution in [0.15, 0.2) is 30.6 Å². The minimum Gasteiger partial charge on any atom is -0.353 e. The minimum atomic E-state index is -0.180. The topological polar surface area (TPSA) is 61.4 Å². The van der Waals surface area contributed by atoms with Crippen molar-refractivity contribution in [2.24, 2.45) is 5.92 Å². The molecular formula is C25H32ClN5O. The number of hydrogen-bond donors (Lipinski definition) is 1. The Morgan fingerprint density at radius 3 is 2.59 bits per heavy atom. The van der Waals surface area contributed by atoms with Crippen LogP contribution in [-0.4, -0.2) is 60.0 Å². The van der Waals surface area contributed by atoms with Gasteiger partial charge in [-0.15, -0.1) is 0 Å². The number of amides is 1. The van der Waals surface area contributed by atoms with Crippen LogP contribution in [0.5, 0.6) is 0 Å². The van der Waals surface area contributed by atoms with Gasteiger partial charge in [-0.3, -0.25) is 4.79 Å². The molecule has 0 spiro atoms. The molecule has 1 aliphatic heterocycles. The highest BCUT2D eigenvalue weighted by molar-refractivity contribution is 6.30. The molecule has 1 saturated heterocycles. The van der Waals surface area contributed by atoms with Crippen molar-refractivity contribution in [3.05, 3.63) is 52.4 Å². The number of carbonyl (C=O) groups excluding carboxylic acids is 1. The number of benzene rings is 1. The number of aryl methyl sites for hydroxylation is 1. The van der Waals surface area contributed by atoms with E-state index < -0.39 is 0 Å². The maximum atomic E-state index is 13.6. The van der Waals surface area contributed by atoms with Gasteiger partial charge >= 0.3 is 0 Å². The van der Waals surface area contributed by atoms with E-state index in [4.69, 9.17) is 11.6 Å². The number of rotatable bonds is 7. The van der Waals surface area contributed by atoms with Crippen molar-refractivity contribution in [2.75, 3.05) is 44.2 Å². The summed E-state index contributed by atoms with van der Waals surface area (Å²) in [5, 5.41) is 4.24. The molecule has 2 aliphatic carbocycles. The van der Waals surface area contributed by atoms with Gasteiger partial charge in [-0.25, -0.2) is 9.97 Å². The Bertz CT molecular complexity index is 953. The fourth-order valence-electron chi connectivity index (χ4n) is 5.03. The van der Waals surface area contributed by atoms with Gasteiger partial charge < -0.3 is 15.1 Å². The van der Waals surface area contributed by atoms with Crippen LogP contribution in [0, 0.1) is 5.92 Å². The second-order valence-corrected chi connectivity index (χ2v) is 9.95. The fraction of sp³-hybridized carbons (Fsp3) is 0.560. The Hall–Kier alpha value is -2.18. The van der Waals surface area contributed by atoms with Crippen LogP contribution in [0.1, 0.15) is 54.8 Å². The third-order valence-corrected chi connectivity index (χ3v) is 7.44. The molecule has 2 heterocycles. The number of fused-ring (bicyclic) bond motifs is 1. The molecule has 1 aromatic carbocycles. The van der Waals surface area contributed by atoms with Crippen LogP contribution >= 0.6 is 11.6 Å². The van der Waals surface area contributed by atoms with Gasteiger partial charge in [-0.2, -0.15) is 0 Å². The molecule has 1 aromatic heterocycles. The molecule has 1 amide bonds. The predicted octanol–water partition coefficient (Wildman–Crippen LogP) is 3.61. The number of halogens is 1. The van der Waals surface area contributed by atoms with Gasteiger partial charge in [0.05, 0.1) is 5.92 Å². The molecule has 5 rings (SSSR count). The molecule has 6 nitrogen and oxygen atoms in total. The van der Waals surface area contributed by atoms with Gasteiger partial charge in [0.2, 0.25) is 5.91 Å². The summed E-state index contributed by atoms with van der Waals surface area (Å²) < 4.78 is 0.